The predicted octanol–water partition coefficient (Wildman–Crippen LogP) is -0.101. The molecule has 0 aliphatic heterocycles. The maximum Gasteiger partial charge on any atom is 0.331 e. The summed E-state index contributed by atoms with van der Waals surface area (Å²) in [6, 6.07) is 0. The summed E-state index contributed by atoms with van der Waals surface area (Å²) in [6.45, 7) is 0. The first-order chi connectivity index (χ1) is 6.02. The van der Waals surface area contributed by atoms with Crippen molar-refractivity contribution in [2.45, 2.75) is 11.8 Å². The number of carbonyl (C=O) groups is 3. The van der Waals surface area contributed by atoms with E-state index in [0.29, 0.717) is 0 Å². The first-order valence-corrected chi connectivity index (χ1v) is 3.78. The van der Waals surface area contributed by atoms with E-state index in [9.17, 15) is 14.4 Å². The minimum absolute atomic E-state index is 0.528. The Bertz CT molecular complexity index is 225. The summed E-state index contributed by atoms with van der Waals surface area (Å²) in [5.41, 5.74) is 0. The average molecular weight is 209 g/mol. The van der Waals surface area contributed by atoms with E-state index in [1.807, 2.05) is 0 Å². The van der Waals surface area contributed by atoms with Gasteiger partial charge in [0.25, 0.3) is 0 Å². The van der Waals surface area contributed by atoms with E-state index in [1.54, 1.807) is 0 Å². The van der Waals surface area contributed by atoms with Gasteiger partial charge in [0.1, 0.15) is 6.42 Å². The topological polar surface area (TPSA) is 69.7 Å². The summed E-state index contributed by atoms with van der Waals surface area (Å²) in [5.74, 6) is -2.35. The van der Waals surface area contributed by atoms with Crippen LogP contribution < -0.4 is 0 Å². The van der Waals surface area contributed by atoms with E-state index in [4.69, 9.17) is 11.6 Å². The Morgan fingerprint density at radius 2 is 1.77 bits per heavy atom. The Hall–Kier alpha value is -1.10. The van der Waals surface area contributed by atoms with Crippen molar-refractivity contribution < 1.29 is 23.9 Å². The van der Waals surface area contributed by atoms with Crippen molar-refractivity contribution >= 4 is 29.3 Å². The highest BCUT2D eigenvalue weighted by Gasteiger charge is 2.26. The number of halogens is 1. The Morgan fingerprint density at radius 3 is 2.15 bits per heavy atom. The van der Waals surface area contributed by atoms with Gasteiger partial charge in [-0.25, -0.2) is 4.79 Å². The molecule has 6 heteroatoms. The number of ketones is 1. The smallest absolute Gasteiger partial charge is 0.331 e. The molecule has 0 aromatic carbocycles. The lowest BCUT2D eigenvalue weighted by Gasteiger charge is -2.04. The fourth-order valence-electron chi connectivity index (χ4n) is 0.539. The van der Waals surface area contributed by atoms with Crippen molar-refractivity contribution in [1.82, 2.24) is 0 Å². The molecule has 0 radical (unpaired) electrons. The van der Waals surface area contributed by atoms with Crippen molar-refractivity contribution in [3.8, 4) is 0 Å². The highest BCUT2D eigenvalue weighted by atomic mass is 35.5. The van der Waals surface area contributed by atoms with Crippen LogP contribution in [0, 0.1) is 0 Å². The van der Waals surface area contributed by atoms with Crippen LogP contribution >= 0.6 is 11.6 Å². The van der Waals surface area contributed by atoms with Crippen LogP contribution in [-0.2, 0) is 23.9 Å². The minimum atomic E-state index is -1.44. The number of methoxy groups -OCH3 is 2. The molecular formula is C7H9ClO5. The predicted molar refractivity (Wildman–Crippen MR) is 43.3 cm³/mol. The Labute approximate surface area is 79.9 Å². The summed E-state index contributed by atoms with van der Waals surface area (Å²) >= 11 is 5.35. The molecule has 0 saturated heterocycles. The Balaban J connectivity index is 4.11. The van der Waals surface area contributed by atoms with Crippen LogP contribution in [0.15, 0.2) is 0 Å². The molecular weight excluding hydrogens is 200 g/mol. The second kappa shape index (κ2) is 5.53. The highest BCUT2D eigenvalue weighted by Crippen LogP contribution is 2.03. The van der Waals surface area contributed by atoms with Gasteiger partial charge in [-0.1, -0.05) is 0 Å². The molecule has 0 aliphatic rings. The number of ether oxygens (including phenoxy) is 2. The normalized spacial score (nSPS) is 11.6. The van der Waals surface area contributed by atoms with Crippen LogP contribution in [0.3, 0.4) is 0 Å². The van der Waals surface area contributed by atoms with Crippen molar-refractivity contribution in [2.75, 3.05) is 14.2 Å². The van der Waals surface area contributed by atoms with Crippen LogP contribution in [0.4, 0.5) is 0 Å². The molecule has 0 fully saturated rings. The van der Waals surface area contributed by atoms with Gasteiger partial charge in [0.2, 0.25) is 0 Å². The second-order valence-electron chi connectivity index (χ2n) is 2.10. The van der Waals surface area contributed by atoms with Gasteiger partial charge in [0.05, 0.1) is 14.2 Å². The number of hydrogen-bond donors (Lipinski definition) is 0. The monoisotopic (exact) mass is 208 g/mol. The molecule has 0 heterocycles. The first kappa shape index (κ1) is 11.9. The van der Waals surface area contributed by atoms with Gasteiger partial charge < -0.3 is 9.47 Å². The van der Waals surface area contributed by atoms with Crippen LogP contribution in [0.25, 0.3) is 0 Å². The molecule has 13 heavy (non-hydrogen) atoms. The second-order valence-corrected chi connectivity index (χ2v) is 2.54. The third-order valence-corrected chi connectivity index (χ3v) is 1.66. The molecule has 0 aromatic rings. The third kappa shape index (κ3) is 3.89. The van der Waals surface area contributed by atoms with Crippen LogP contribution in [-0.4, -0.2) is 37.3 Å². The summed E-state index contributed by atoms with van der Waals surface area (Å²) < 4.78 is 8.42. The summed E-state index contributed by atoms with van der Waals surface area (Å²) in [7, 11) is 2.24. The van der Waals surface area contributed by atoms with E-state index >= 15 is 0 Å². The lowest BCUT2D eigenvalue weighted by Crippen LogP contribution is -2.27. The molecule has 74 valence electrons. The summed E-state index contributed by atoms with van der Waals surface area (Å²) in [5, 5.41) is -1.44. The fraction of sp³-hybridized carbons (Fsp3) is 0.571. The molecule has 1 atom stereocenters. The van der Waals surface area contributed by atoms with Crippen LogP contribution in [0.1, 0.15) is 6.42 Å². The zero-order valence-electron chi connectivity index (χ0n) is 7.20. The maximum absolute atomic E-state index is 11.0. The van der Waals surface area contributed by atoms with E-state index in [-0.39, 0.29) is 0 Å². The van der Waals surface area contributed by atoms with Gasteiger partial charge in [-0.15, -0.1) is 11.6 Å². The largest absolute Gasteiger partial charge is 0.469 e. The van der Waals surface area contributed by atoms with Crippen molar-refractivity contribution in [2.24, 2.45) is 0 Å². The van der Waals surface area contributed by atoms with Gasteiger partial charge in [0, 0.05) is 0 Å². The number of alkyl halides is 1. The van der Waals surface area contributed by atoms with Gasteiger partial charge >= 0.3 is 11.9 Å². The van der Waals surface area contributed by atoms with Gasteiger partial charge in [-0.3, -0.25) is 9.59 Å². The average Bonchev–Trinajstić information content (AvgIpc) is 2.14. The number of Topliss-reactive ketones (excluding diaryl/α,β-unsaturated/α-hetero) is 1. The summed E-state index contributed by atoms with van der Waals surface area (Å²) in [6.07, 6.45) is -0.528. The standard InChI is InChI=1S/C7H9ClO5/c1-12-5(10)3-4(9)6(8)7(11)13-2/h6H,3H2,1-2H3. The first-order valence-electron chi connectivity index (χ1n) is 3.34. The third-order valence-electron chi connectivity index (χ3n) is 1.24. The lowest BCUT2D eigenvalue weighted by molar-refractivity contribution is -0.146. The summed E-state index contributed by atoms with van der Waals surface area (Å²) in [4.78, 5) is 32.3. The number of esters is 2. The van der Waals surface area contributed by atoms with Gasteiger partial charge in [-0.2, -0.15) is 0 Å². The zero-order chi connectivity index (χ0) is 10.4. The molecule has 0 rings (SSSR count). The molecule has 5 nitrogen and oxygen atoms in total. The van der Waals surface area contributed by atoms with E-state index in [1.165, 1.54) is 0 Å². The molecule has 0 saturated carbocycles. The SMILES string of the molecule is COC(=O)CC(=O)C(Cl)C(=O)OC. The fourth-order valence-corrected chi connectivity index (χ4v) is 0.705. The number of carbonyl (C=O) groups excluding carboxylic acids is 3. The van der Waals surface area contributed by atoms with Crippen molar-refractivity contribution in [3.05, 3.63) is 0 Å². The molecule has 0 bridgehead atoms. The number of rotatable bonds is 4. The number of hydrogen-bond acceptors (Lipinski definition) is 5. The Kier molecular flexibility index (Phi) is 5.06. The molecule has 0 spiro atoms. The molecule has 1 unspecified atom stereocenters. The van der Waals surface area contributed by atoms with E-state index < -0.39 is 29.5 Å². The molecule has 0 amide bonds. The molecule has 0 aromatic heterocycles. The minimum Gasteiger partial charge on any atom is -0.469 e. The molecule has 0 aliphatic carbocycles. The van der Waals surface area contributed by atoms with E-state index in [2.05, 4.69) is 9.47 Å². The van der Waals surface area contributed by atoms with Crippen LogP contribution in [0.5, 0.6) is 0 Å². The highest BCUT2D eigenvalue weighted by molar-refractivity contribution is 6.41. The maximum atomic E-state index is 11.0. The van der Waals surface area contributed by atoms with Crippen LogP contribution in [0.2, 0.25) is 0 Å². The van der Waals surface area contributed by atoms with Gasteiger partial charge in [-0.05, 0) is 0 Å². The lowest BCUT2D eigenvalue weighted by atomic mass is 10.2. The van der Waals surface area contributed by atoms with Crippen molar-refractivity contribution in [1.29, 1.82) is 0 Å². The quantitative estimate of drug-likeness (QED) is 0.367. The molecule has 0 N–H and O–H groups in total. The Morgan fingerprint density at radius 1 is 1.23 bits per heavy atom. The van der Waals surface area contributed by atoms with Crippen molar-refractivity contribution in [3.63, 3.8) is 0 Å². The van der Waals surface area contributed by atoms with Gasteiger partial charge in [0.15, 0.2) is 11.2 Å². The zero-order valence-corrected chi connectivity index (χ0v) is 7.96. The van der Waals surface area contributed by atoms with E-state index in [0.717, 1.165) is 14.2 Å².